The van der Waals surface area contributed by atoms with Crippen LogP contribution < -0.4 is 15.4 Å². The molecule has 0 spiro atoms. The number of ether oxygens (including phenoxy) is 1. The monoisotopic (exact) mass is 502 g/mol. The Hall–Kier alpha value is -3.83. The molecule has 3 aromatic heterocycles. The van der Waals surface area contributed by atoms with Gasteiger partial charge in [-0.3, -0.25) is 19.0 Å². The third-order valence-corrected chi connectivity index (χ3v) is 5.83. The van der Waals surface area contributed by atoms with Crippen molar-refractivity contribution in [2.24, 2.45) is 14.1 Å². The van der Waals surface area contributed by atoms with Crippen LogP contribution in [0.4, 0.5) is 11.4 Å². The lowest BCUT2D eigenvalue weighted by Crippen LogP contribution is -2.21. The molecule has 0 radical (unpaired) electrons. The van der Waals surface area contributed by atoms with Crippen LogP contribution in [0.5, 0.6) is 5.75 Å². The lowest BCUT2D eigenvalue weighted by Gasteiger charge is -2.09. The van der Waals surface area contributed by atoms with E-state index in [1.54, 1.807) is 49.4 Å². The molecular weight excluding hydrogens is 483 g/mol. The van der Waals surface area contributed by atoms with Crippen molar-refractivity contribution in [1.82, 2.24) is 29.3 Å². The molecule has 4 aromatic rings. The normalized spacial score (nSPS) is 10.9. The van der Waals surface area contributed by atoms with Crippen LogP contribution in [0, 0.1) is 6.92 Å². The summed E-state index contributed by atoms with van der Waals surface area (Å²) in [7, 11) is 3.38. The van der Waals surface area contributed by atoms with Crippen LogP contribution in [-0.2, 0) is 20.8 Å². The van der Waals surface area contributed by atoms with Gasteiger partial charge in [0.25, 0.3) is 11.8 Å². The zero-order valence-corrected chi connectivity index (χ0v) is 19.9. The summed E-state index contributed by atoms with van der Waals surface area (Å²) < 4.78 is 10.1. The minimum absolute atomic E-state index is 0.0123. The van der Waals surface area contributed by atoms with E-state index in [2.05, 4.69) is 25.9 Å². The first-order valence-electron chi connectivity index (χ1n) is 9.98. The molecule has 0 unspecified atom stereocenters. The van der Waals surface area contributed by atoms with Crippen molar-refractivity contribution in [2.75, 3.05) is 10.6 Å². The summed E-state index contributed by atoms with van der Waals surface area (Å²) in [5.41, 5.74) is 1.88. The highest BCUT2D eigenvalue weighted by molar-refractivity contribution is 6.42. The largest absolute Gasteiger partial charge is 0.470 e. The number of hydrogen-bond acceptors (Lipinski definition) is 6. The number of nitrogens with zero attached hydrogens (tertiary/aromatic N) is 6. The van der Waals surface area contributed by atoms with Crippen LogP contribution in [0.1, 0.15) is 26.7 Å². The number of aryl methyl sites for hydroxylation is 2. The average Bonchev–Trinajstić information content (AvgIpc) is 3.50. The number of benzene rings is 1. The van der Waals surface area contributed by atoms with E-state index in [0.717, 1.165) is 5.69 Å². The molecule has 4 rings (SSSR count). The fraction of sp³-hybridized carbons (Fsp3) is 0.190. The molecule has 0 aliphatic rings. The molecule has 1 aromatic carbocycles. The highest BCUT2D eigenvalue weighted by Crippen LogP contribution is 2.31. The predicted molar refractivity (Wildman–Crippen MR) is 126 cm³/mol. The second-order valence-electron chi connectivity index (χ2n) is 7.27. The van der Waals surface area contributed by atoms with E-state index < -0.39 is 11.8 Å². The van der Waals surface area contributed by atoms with Gasteiger partial charge < -0.3 is 15.4 Å². The summed E-state index contributed by atoms with van der Waals surface area (Å²) in [5, 5.41) is 18.5. The number of halogens is 2. The van der Waals surface area contributed by atoms with Crippen molar-refractivity contribution in [3.8, 4) is 5.75 Å². The van der Waals surface area contributed by atoms with E-state index in [-0.39, 0.29) is 28.8 Å². The number of carbonyl (C=O) groups excluding carboxylic acids is 2. The van der Waals surface area contributed by atoms with Crippen molar-refractivity contribution >= 4 is 46.4 Å². The van der Waals surface area contributed by atoms with Gasteiger partial charge in [0.1, 0.15) is 16.5 Å². The maximum Gasteiger partial charge on any atom is 0.276 e. The third kappa shape index (κ3) is 4.75. The molecule has 2 N–H and O–H groups in total. The lowest BCUT2D eigenvalue weighted by molar-refractivity contribution is 0.101. The summed E-state index contributed by atoms with van der Waals surface area (Å²) in [6.45, 7) is 1.84. The summed E-state index contributed by atoms with van der Waals surface area (Å²) in [5.74, 6) is -0.562. The summed E-state index contributed by atoms with van der Waals surface area (Å²) in [4.78, 5) is 25.6. The lowest BCUT2D eigenvalue weighted by atomic mass is 10.3. The van der Waals surface area contributed by atoms with Gasteiger partial charge >= 0.3 is 0 Å². The zero-order chi connectivity index (χ0) is 24.4. The Bertz CT molecular complexity index is 1370. The number of carbonyl (C=O) groups is 2. The first-order chi connectivity index (χ1) is 16.2. The fourth-order valence-corrected chi connectivity index (χ4v) is 3.42. The minimum atomic E-state index is -0.515. The molecule has 34 heavy (non-hydrogen) atoms. The second-order valence-corrected chi connectivity index (χ2v) is 8.06. The number of rotatable bonds is 7. The van der Waals surface area contributed by atoms with Gasteiger partial charge in [-0.1, -0.05) is 29.3 Å². The van der Waals surface area contributed by atoms with Crippen LogP contribution in [0.15, 0.2) is 42.9 Å². The van der Waals surface area contributed by atoms with Gasteiger partial charge in [-0.2, -0.15) is 15.3 Å². The Balaban J connectivity index is 1.43. The molecule has 0 aliphatic carbocycles. The van der Waals surface area contributed by atoms with Gasteiger partial charge in [-0.25, -0.2) is 4.68 Å². The highest BCUT2D eigenvalue weighted by Gasteiger charge is 2.21. The Labute approximate surface area is 204 Å². The number of anilines is 2. The number of hydrogen-bond donors (Lipinski definition) is 2. The minimum Gasteiger partial charge on any atom is -0.470 e. The molecule has 0 saturated heterocycles. The van der Waals surface area contributed by atoms with Crippen LogP contribution in [0.3, 0.4) is 0 Å². The molecule has 0 aliphatic heterocycles. The quantitative estimate of drug-likeness (QED) is 0.398. The van der Waals surface area contributed by atoms with Crippen LogP contribution in [-0.4, -0.2) is 41.2 Å². The summed E-state index contributed by atoms with van der Waals surface area (Å²) in [6.07, 6.45) is 4.52. The Morgan fingerprint density at radius 2 is 1.71 bits per heavy atom. The zero-order valence-electron chi connectivity index (χ0n) is 18.4. The molecule has 13 heteroatoms. The van der Waals surface area contributed by atoms with Gasteiger partial charge in [-0.05, 0) is 25.1 Å². The molecule has 2 amide bonds. The second kappa shape index (κ2) is 9.57. The summed E-state index contributed by atoms with van der Waals surface area (Å²) >= 11 is 12.1. The first-order valence-corrected chi connectivity index (χ1v) is 10.7. The van der Waals surface area contributed by atoms with Crippen molar-refractivity contribution in [2.45, 2.75) is 13.7 Å². The molecule has 0 fully saturated rings. The van der Waals surface area contributed by atoms with E-state index >= 15 is 0 Å². The first kappa shape index (κ1) is 23.3. The topological polar surface area (TPSA) is 121 Å². The van der Waals surface area contributed by atoms with Crippen molar-refractivity contribution in [3.63, 3.8) is 0 Å². The Morgan fingerprint density at radius 1 is 1.00 bits per heavy atom. The number of aromatic nitrogens is 6. The van der Waals surface area contributed by atoms with Crippen LogP contribution >= 0.6 is 23.2 Å². The van der Waals surface area contributed by atoms with Crippen molar-refractivity contribution < 1.29 is 14.3 Å². The number of nitrogens with one attached hydrogen (secondary N) is 2. The van der Waals surface area contributed by atoms with Gasteiger partial charge in [0.05, 0.1) is 34.5 Å². The molecule has 0 bridgehead atoms. The maximum atomic E-state index is 12.9. The number of amides is 2. The van der Waals surface area contributed by atoms with E-state index in [1.165, 1.54) is 21.6 Å². The Kier molecular flexibility index (Phi) is 6.57. The van der Waals surface area contributed by atoms with Gasteiger partial charge in [0.2, 0.25) is 0 Å². The van der Waals surface area contributed by atoms with Gasteiger partial charge in [-0.15, -0.1) is 0 Å². The van der Waals surface area contributed by atoms with E-state index in [4.69, 9.17) is 27.9 Å². The smallest absolute Gasteiger partial charge is 0.276 e. The van der Waals surface area contributed by atoms with E-state index in [1.807, 2.05) is 6.92 Å². The van der Waals surface area contributed by atoms with E-state index in [0.29, 0.717) is 16.5 Å². The standard InChI is InChI=1S/C21H20Cl2N8O3/c1-12-15(9-24-29(12)2)26-21(33)19-16(10-25-30(19)3)27-20(32)14-7-8-31(28-14)11-34-17-6-4-5-13(22)18(17)23/h4-10H,11H2,1-3H3,(H,26,33)(H,27,32). The van der Waals surface area contributed by atoms with Crippen molar-refractivity contribution in [1.29, 1.82) is 0 Å². The SMILES string of the molecule is Cc1c(NC(=O)c2c(NC(=O)c3ccn(COc4cccc(Cl)c4Cl)n3)cnn2C)cnn1C. The third-order valence-electron chi connectivity index (χ3n) is 5.03. The van der Waals surface area contributed by atoms with Gasteiger partial charge in [0, 0.05) is 20.3 Å². The molecule has 11 nitrogen and oxygen atoms in total. The average molecular weight is 503 g/mol. The van der Waals surface area contributed by atoms with Crippen molar-refractivity contribution in [3.05, 3.63) is 70.0 Å². The molecule has 3 heterocycles. The summed E-state index contributed by atoms with van der Waals surface area (Å²) in [6, 6.07) is 6.56. The van der Waals surface area contributed by atoms with Crippen LogP contribution in [0.25, 0.3) is 0 Å². The van der Waals surface area contributed by atoms with Crippen LogP contribution in [0.2, 0.25) is 10.0 Å². The predicted octanol–water partition coefficient (Wildman–Crippen LogP) is 3.51. The molecular formula is C21H20Cl2N8O3. The molecule has 0 atom stereocenters. The Morgan fingerprint density at radius 3 is 2.44 bits per heavy atom. The molecule has 0 saturated carbocycles. The maximum absolute atomic E-state index is 12.9. The highest BCUT2D eigenvalue weighted by atomic mass is 35.5. The van der Waals surface area contributed by atoms with Gasteiger partial charge in [0.15, 0.2) is 12.4 Å². The van der Waals surface area contributed by atoms with E-state index in [9.17, 15) is 9.59 Å². The molecule has 176 valence electrons. The fourth-order valence-electron chi connectivity index (χ4n) is 3.07.